The molecule has 3 aromatic rings. The lowest BCUT2D eigenvalue weighted by molar-refractivity contribution is -0.142. The molecule has 8 N–H and O–H groups in total. The molecule has 0 spiro atoms. The molecule has 0 aliphatic carbocycles. The number of nitrogens with one attached hydrogen (secondary N) is 6. The van der Waals surface area contributed by atoms with Crippen LogP contribution in [0.2, 0.25) is 0 Å². The SMILES string of the molecule is CC(C)C[C@@H]1NC(=O)[C@@H](NC(=O)c2cnn(C(C)C)c2)Cc2c([nH]c3ccccc23)SC[C@@H](C(=O)O)NC(=O)[C@H]([C@@H](C)O)NC(=O)[C@@H](C)NC1=O. The number of benzene rings is 1. The van der Waals surface area contributed by atoms with Crippen LogP contribution in [0.4, 0.5) is 0 Å². The molecule has 0 saturated heterocycles. The number of aliphatic carboxylic acids is 1. The van der Waals surface area contributed by atoms with Crippen molar-refractivity contribution >= 4 is 58.2 Å². The molecule has 0 fully saturated rings. The number of aliphatic hydroxyl groups is 1. The Hall–Kier alpha value is -4.90. The molecule has 2 aromatic heterocycles. The standard InChI is InChI=1S/C34H46N8O8S/c1-16(2)11-24-30(46)36-18(5)28(44)41-27(19(6)43)32(48)39-26(34(49)50)15-51-33-22(21-9-7-8-10-23(21)40-33)12-25(31(47)38-24)37-29(45)20-13-35-42(14-20)17(3)4/h7-10,13-14,16-19,24-27,40,43H,11-12,15H2,1-6H3,(H,36,46)(H,37,45)(H,38,47)(H,39,48)(H,41,44)(H,49,50)/t18-,19-,24+,25+,26+,27+/m1/s1. The predicted octanol–water partition coefficient (Wildman–Crippen LogP) is 0.863. The maximum atomic E-state index is 14.2. The minimum Gasteiger partial charge on any atom is -0.480 e. The number of hydrogen-bond donors (Lipinski definition) is 8. The minimum atomic E-state index is -1.53. The van der Waals surface area contributed by atoms with Gasteiger partial charge in [-0.2, -0.15) is 5.10 Å². The quantitative estimate of drug-likeness (QED) is 0.171. The number of carboxylic acids is 1. The third-order valence-electron chi connectivity index (χ3n) is 8.36. The van der Waals surface area contributed by atoms with Crippen molar-refractivity contribution in [3.05, 3.63) is 47.8 Å². The van der Waals surface area contributed by atoms with Gasteiger partial charge < -0.3 is 41.8 Å². The average Bonchev–Trinajstić information content (AvgIpc) is 3.69. The lowest BCUT2D eigenvalue weighted by atomic mass is 10.00. The van der Waals surface area contributed by atoms with Crippen LogP contribution < -0.4 is 26.6 Å². The van der Waals surface area contributed by atoms with Gasteiger partial charge in [-0.1, -0.05) is 32.0 Å². The number of carbonyl (C=O) groups excluding carboxylic acids is 5. The van der Waals surface area contributed by atoms with E-state index in [1.165, 1.54) is 20.0 Å². The summed E-state index contributed by atoms with van der Waals surface area (Å²) >= 11 is 1.08. The molecular formula is C34H46N8O8S. The van der Waals surface area contributed by atoms with E-state index >= 15 is 0 Å². The molecule has 6 atom stereocenters. The highest BCUT2D eigenvalue weighted by molar-refractivity contribution is 7.99. The van der Waals surface area contributed by atoms with Crippen LogP contribution in [0.5, 0.6) is 0 Å². The third kappa shape index (κ3) is 9.88. The van der Waals surface area contributed by atoms with E-state index < -0.39 is 71.8 Å². The molecule has 4 rings (SSSR count). The first-order valence-corrected chi connectivity index (χ1v) is 17.7. The van der Waals surface area contributed by atoms with Gasteiger partial charge in [-0.3, -0.25) is 28.7 Å². The first kappa shape index (κ1) is 38.9. The smallest absolute Gasteiger partial charge is 0.327 e. The fourth-order valence-electron chi connectivity index (χ4n) is 5.53. The van der Waals surface area contributed by atoms with E-state index in [2.05, 4.69) is 36.7 Å². The number of hydrogen-bond acceptors (Lipinski definition) is 9. The second-order valence-corrected chi connectivity index (χ2v) is 14.4. The highest BCUT2D eigenvalue weighted by Gasteiger charge is 2.34. The fraction of sp³-hybridized carbons (Fsp3) is 0.500. The number of nitrogens with zero attached hydrogens (tertiary/aromatic N) is 2. The van der Waals surface area contributed by atoms with Crippen LogP contribution in [-0.4, -0.2) is 103 Å². The van der Waals surface area contributed by atoms with Crippen LogP contribution in [0.1, 0.15) is 69.9 Å². The van der Waals surface area contributed by atoms with Crippen LogP contribution in [-0.2, 0) is 30.4 Å². The second-order valence-electron chi connectivity index (χ2n) is 13.4. The summed E-state index contributed by atoms with van der Waals surface area (Å²) in [5.41, 5.74) is 1.50. The van der Waals surface area contributed by atoms with Gasteiger partial charge in [0.2, 0.25) is 23.6 Å². The largest absolute Gasteiger partial charge is 0.480 e. The van der Waals surface area contributed by atoms with Crippen molar-refractivity contribution < 1.29 is 39.0 Å². The Kier molecular flexibility index (Phi) is 12.9. The van der Waals surface area contributed by atoms with Crippen LogP contribution >= 0.6 is 11.8 Å². The van der Waals surface area contributed by atoms with Crippen LogP contribution in [0.15, 0.2) is 41.7 Å². The lowest BCUT2D eigenvalue weighted by Crippen LogP contribution is -2.60. The summed E-state index contributed by atoms with van der Waals surface area (Å²) in [5, 5.41) is 38.7. The van der Waals surface area contributed by atoms with Crippen molar-refractivity contribution in [2.24, 2.45) is 5.92 Å². The maximum Gasteiger partial charge on any atom is 0.327 e. The highest BCUT2D eigenvalue weighted by Crippen LogP contribution is 2.31. The number of rotatable bonds is 7. The number of para-hydroxylation sites is 1. The molecule has 51 heavy (non-hydrogen) atoms. The van der Waals surface area contributed by atoms with Gasteiger partial charge in [-0.25, -0.2) is 4.79 Å². The monoisotopic (exact) mass is 726 g/mol. The summed E-state index contributed by atoms with van der Waals surface area (Å²) in [6.07, 6.45) is 1.67. The molecule has 0 bridgehead atoms. The third-order valence-corrected chi connectivity index (χ3v) is 9.50. The number of H-pyrrole nitrogens is 1. The Morgan fingerprint density at radius 3 is 2.31 bits per heavy atom. The molecule has 1 aliphatic heterocycles. The van der Waals surface area contributed by atoms with Gasteiger partial charge in [0.1, 0.15) is 30.2 Å². The number of carbonyl (C=O) groups is 6. The van der Waals surface area contributed by atoms with Crippen molar-refractivity contribution in [1.29, 1.82) is 0 Å². The first-order chi connectivity index (χ1) is 24.0. The number of aromatic nitrogens is 3. The number of fused-ring (bicyclic) bond motifs is 3. The van der Waals surface area contributed by atoms with Gasteiger partial charge >= 0.3 is 5.97 Å². The van der Waals surface area contributed by atoms with Crippen molar-refractivity contribution in [2.45, 2.75) is 102 Å². The molecule has 16 nitrogen and oxygen atoms in total. The van der Waals surface area contributed by atoms with Gasteiger partial charge in [0.15, 0.2) is 0 Å². The van der Waals surface area contributed by atoms with Gasteiger partial charge in [-0.15, -0.1) is 11.8 Å². The molecule has 1 aromatic carbocycles. The molecule has 17 heteroatoms. The Labute approximate surface area is 299 Å². The number of amides is 5. The molecule has 1 aliphatic rings. The van der Waals surface area contributed by atoms with E-state index in [1.807, 2.05) is 39.8 Å². The Balaban J connectivity index is 1.80. The van der Waals surface area contributed by atoms with Crippen LogP contribution in [0.25, 0.3) is 10.9 Å². The molecule has 0 saturated carbocycles. The molecule has 5 amide bonds. The number of thioether (sulfide) groups is 1. The number of aliphatic hydroxyl groups excluding tert-OH is 1. The lowest BCUT2D eigenvalue weighted by Gasteiger charge is -2.27. The molecular weight excluding hydrogens is 680 g/mol. The van der Waals surface area contributed by atoms with E-state index in [-0.39, 0.29) is 36.1 Å². The van der Waals surface area contributed by atoms with Gasteiger partial charge in [0, 0.05) is 35.3 Å². The minimum absolute atomic E-state index is 0.0195. The zero-order valence-corrected chi connectivity index (χ0v) is 30.2. The van der Waals surface area contributed by atoms with E-state index in [0.717, 1.165) is 11.8 Å². The van der Waals surface area contributed by atoms with E-state index in [4.69, 9.17) is 0 Å². The van der Waals surface area contributed by atoms with E-state index in [1.54, 1.807) is 23.0 Å². The molecule has 0 radical (unpaired) electrons. The number of aromatic amines is 1. The molecule has 276 valence electrons. The van der Waals surface area contributed by atoms with Gasteiger partial charge in [0.25, 0.3) is 5.91 Å². The molecule has 3 heterocycles. The Morgan fingerprint density at radius 2 is 1.69 bits per heavy atom. The highest BCUT2D eigenvalue weighted by atomic mass is 32.2. The van der Waals surface area contributed by atoms with Crippen LogP contribution in [0.3, 0.4) is 0 Å². The summed E-state index contributed by atoms with van der Waals surface area (Å²) in [6.45, 7) is 10.2. The topological polar surface area (TPSA) is 237 Å². The first-order valence-electron chi connectivity index (χ1n) is 16.7. The van der Waals surface area contributed by atoms with E-state index in [9.17, 15) is 39.0 Å². The molecule has 0 unspecified atom stereocenters. The van der Waals surface area contributed by atoms with Crippen molar-refractivity contribution in [3.8, 4) is 0 Å². The van der Waals surface area contributed by atoms with Gasteiger partial charge in [0.05, 0.1) is 22.9 Å². The second kappa shape index (κ2) is 16.9. The summed E-state index contributed by atoms with van der Waals surface area (Å²) in [6, 6.07) is 0.678. The van der Waals surface area contributed by atoms with Crippen molar-refractivity contribution in [1.82, 2.24) is 41.3 Å². The maximum absolute atomic E-state index is 14.2. The Morgan fingerprint density at radius 1 is 0.980 bits per heavy atom. The summed E-state index contributed by atoms with van der Waals surface area (Å²) in [7, 11) is 0. The number of carboxylic acid groups (broad SMARTS) is 1. The Bertz CT molecular complexity index is 1770. The fourth-order valence-corrected chi connectivity index (χ4v) is 6.64. The van der Waals surface area contributed by atoms with Crippen LogP contribution in [0, 0.1) is 5.92 Å². The summed E-state index contributed by atoms with van der Waals surface area (Å²) in [4.78, 5) is 83.2. The predicted molar refractivity (Wildman–Crippen MR) is 189 cm³/mol. The normalized spacial score (nSPS) is 23.4. The zero-order valence-electron chi connectivity index (χ0n) is 29.4. The summed E-state index contributed by atoms with van der Waals surface area (Å²) < 4.78 is 1.61. The van der Waals surface area contributed by atoms with Crippen molar-refractivity contribution in [3.63, 3.8) is 0 Å². The average molecular weight is 727 g/mol. The van der Waals surface area contributed by atoms with Gasteiger partial charge in [-0.05, 0) is 51.7 Å². The summed E-state index contributed by atoms with van der Waals surface area (Å²) in [5.74, 6) is -5.28. The van der Waals surface area contributed by atoms with Crippen molar-refractivity contribution in [2.75, 3.05) is 5.75 Å². The zero-order chi connectivity index (χ0) is 37.6. The van der Waals surface area contributed by atoms with E-state index in [0.29, 0.717) is 21.5 Å².